The number of hydrogen-bond donors (Lipinski definition) is 0. The maximum atomic E-state index is 11.7. The molecule has 1 fully saturated rings. The zero-order chi connectivity index (χ0) is 10.2. The molecule has 0 amide bonds. The summed E-state index contributed by atoms with van der Waals surface area (Å²) < 4.78 is 5.15. The van der Waals surface area contributed by atoms with Gasteiger partial charge in [0.1, 0.15) is 5.76 Å². The third kappa shape index (κ3) is 1.47. The van der Waals surface area contributed by atoms with Gasteiger partial charge in [0.2, 0.25) is 0 Å². The molecule has 1 atom stereocenters. The van der Waals surface area contributed by atoms with Crippen molar-refractivity contribution in [1.29, 1.82) is 0 Å². The molecule has 0 saturated heterocycles. The fraction of sp³-hybridized carbons (Fsp3) is 0.750. The van der Waals surface area contributed by atoms with Gasteiger partial charge in [-0.2, -0.15) is 0 Å². The second-order valence-electron chi connectivity index (χ2n) is 4.76. The van der Waals surface area contributed by atoms with Crippen molar-refractivity contribution in [3.63, 3.8) is 0 Å². The molecule has 14 heavy (non-hydrogen) atoms. The molecule has 1 heterocycles. The van der Waals surface area contributed by atoms with Crippen LogP contribution in [0, 0.1) is 11.3 Å². The van der Waals surface area contributed by atoms with Crippen LogP contribution >= 0.6 is 0 Å². The molecule has 0 bridgehead atoms. The highest BCUT2D eigenvalue weighted by molar-refractivity contribution is 5.82. The van der Waals surface area contributed by atoms with E-state index in [-0.39, 0.29) is 11.4 Å². The van der Waals surface area contributed by atoms with Crippen LogP contribution in [0.1, 0.15) is 46.0 Å². The summed E-state index contributed by atoms with van der Waals surface area (Å²) in [6.07, 6.45) is 8.22. The van der Waals surface area contributed by atoms with E-state index in [2.05, 4.69) is 0 Å². The Kier molecular flexibility index (Phi) is 2.38. The molecular formula is C12H18O2. The highest BCUT2D eigenvalue weighted by Crippen LogP contribution is 2.44. The van der Waals surface area contributed by atoms with Crippen molar-refractivity contribution >= 4 is 5.97 Å². The maximum Gasteiger partial charge on any atom is 0.321 e. The molecule has 1 aliphatic heterocycles. The van der Waals surface area contributed by atoms with E-state index in [9.17, 15) is 4.79 Å². The Balaban J connectivity index is 2.17. The number of esters is 1. The van der Waals surface area contributed by atoms with Gasteiger partial charge >= 0.3 is 5.97 Å². The number of cyclic esters (lactones) is 1. The smallest absolute Gasteiger partial charge is 0.321 e. The van der Waals surface area contributed by atoms with Crippen molar-refractivity contribution < 1.29 is 9.53 Å². The molecule has 78 valence electrons. The van der Waals surface area contributed by atoms with Gasteiger partial charge in [0.05, 0.1) is 5.41 Å². The topological polar surface area (TPSA) is 26.3 Å². The van der Waals surface area contributed by atoms with Crippen molar-refractivity contribution in [3.8, 4) is 0 Å². The SMILES string of the molecule is CC1=CC(C)(C2CCCCC2)C(=O)O1. The Bertz CT molecular complexity index is 274. The normalized spacial score (nSPS) is 34.1. The van der Waals surface area contributed by atoms with Crippen LogP contribution in [0.2, 0.25) is 0 Å². The minimum Gasteiger partial charge on any atom is -0.431 e. The van der Waals surface area contributed by atoms with Crippen LogP contribution in [0.25, 0.3) is 0 Å². The summed E-state index contributed by atoms with van der Waals surface area (Å²) in [7, 11) is 0. The van der Waals surface area contributed by atoms with Crippen molar-refractivity contribution in [3.05, 3.63) is 11.8 Å². The van der Waals surface area contributed by atoms with Crippen LogP contribution in [0.5, 0.6) is 0 Å². The van der Waals surface area contributed by atoms with Crippen LogP contribution < -0.4 is 0 Å². The number of allylic oxidation sites excluding steroid dienone is 1. The van der Waals surface area contributed by atoms with Crippen molar-refractivity contribution in [1.82, 2.24) is 0 Å². The summed E-state index contributed by atoms with van der Waals surface area (Å²) in [5.74, 6) is 1.24. The van der Waals surface area contributed by atoms with Gasteiger partial charge in [0.25, 0.3) is 0 Å². The van der Waals surface area contributed by atoms with Crippen LogP contribution in [0.3, 0.4) is 0 Å². The van der Waals surface area contributed by atoms with E-state index in [1.807, 2.05) is 19.9 Å². The van der Waals surface area contributed by atoms with E-state index in [1.165, 1.54) is 32.1 Å². The van der Waals surface area contributed by atoms with Crippen molar-refractivity contribution in [2.24, 2.45) is 11.3 Å². The van der Waals surface area contributed by atoms with Crippen molar-refractivity contribution in [2.75, 3.05) is 0 Å². The van der Waals surface area contributed by atoms with E-state index < -0.39 is 0 Å². The maximum absolute atomic E-state index is 11.7. The lowest BCUT2D eigenvalue weighted by Crippen LogP contribution is -2.33. The minimum atomic E-state index is -0.329. The lowest BCUT2D eigenvalue weighted by molar-refractivity contribution is -0.147. The summed E-state index contributed by atoms with van der Waals surface area (Å²) >= 11 is 0. The van der Waals surface area contributed by atoms with Gasteiger partial charge in [-0.1, -0.05) is 19.3 Å². The quantitative estimate of drug-likeness (QED) is 0.600. The zero-order valence-corrected chi connectivity index (χ0v) is 9.01. The second kappa shape index (κ2) is 3.41. The lowest BCUT2D eigenvalue weighted by atomic mass is 9.70. The van der Waals surface area contributed by atoms with Gasteiger partial charge in [-0.15, -0.1) is 0 Å². The summed E-state index contributed by atoms with van der Waals surface area (Å²) in [4.78, 5) is 11.7. The number of ether oxygens (including phenoxy) is 1. The third-order valence-electron chi connectivity index (χ3n) is 3.65. The van der Waals surface area contributed by atoms with E-state index >= 15 is 0 Å². The van der Waals surface area contributed by atoms with Gasteiger partial charge in [0.15, 0.2) is 0 Å². The first kappa shape index (κ1) is 9.75. The van der Waals surface area contributed by atoms with E-state index in [0.29, 0.717) is 5.92 Å². The number of carbonyl (C=O) groups excluding carboxylic acids is 1. The minimum absolute atomic E-state index is 0.0399. The molecule has 0 aromatic rings. The fourth-order valence-corrected chi connectivity index (χ4v) is 2.75. The molecule has 2 heteroatoms. The lowest BCUT2D eigenvalue weighted by Gasteiger charge is -2.32. The van der Waals surface area contributed by atoms with Gasteiger partial charge in [-0.05, 0) is 38.7 Å². The zero-order valence-electron chi connectivity index (χ0n) is 9.01. The van der Waals surface area contributed by atoms with Crippen LogP contribution in [-0.2, 0) is 9.53 Å². The number of carbonyl (C=O) groups is 1. The molecule has 0 aromatic heterocycles. The number of rotatable bonds is 1. The fourth-order valence-electron chi connectivity index (χ4n) is 2.75. The second-order valence-corrected chi connectivity index (χ2v) is 4.76. The Morgan fingerprint density at radius 1 is 1.36 bits per heavy atom. The van der Waals surface area contributed by atoms with E-state index in [1.54, 1.807) is 0 Å². The molecule has 0 spiro atoms. The first-order valence-electron chi connectivity index (χ1n) is 5.54. The predicted molar refractivity (Wildman–Crippen MR) is 54.5 cm³/mol. The molecule has 0 radical (unpaired) electrons. The van der Waals surface area contributed by atoms with Crippen LogP contribution in [0.4, 0.5) is 0 Å². The number of hydrogen-bond acceptors (Lipinski definition) is 2. The summed E-state index contributed by atoms with van der Waals surface area (Å²) in [5, 5.41) is 0. The van der Waals surface area contributed by atoms with Gasteiger partial charge in [-0.3, -0.25) is 4.79 Å². The summed E-state index contributed by atoms with van der Waals surface area (Å²) in [6, 6.07) is 0. The molecule has 2 aliphatic rings. The molecule has 2 rings (SSSR count). The Morgan fingerprint density at radius 2 is 2.00 bits per heavy atom. The highest BCUT2D eigenvalue weighted by Gasteiger charge is 2.45. The molecule has 0 N–H and O–H groups in total. The summed E-state index contributed by atoms with van der Waals surface area (Å²) in [5.41, 5.74) is -0.329. The van der Waals surface area contributed by atoms with Gasteiger partial charge < -0.3 is 4.74 Å². The highest BCUT2D eigenvalue weighted by atomic mass is 16.5. The first-order chi connectivity index (χ1) is 6.63. The Morgan fingerprint density at radius 3 is 2.50 bits per heavy atom. The molecule has 1 aliphatic carbocycles. The average molecular weight is 194 g/mol. The monoisotopic (exact) mass is 194 g/mol. The third-order valence-corrected chi connectivity index (χ3v) is 3.65. The molecule has 1 saturated carbocycles. The van der Waals surface area contributed by atoms with Crippen molar-refractivity contribution in [2.45, 2.75) is 46.0 Å². The first-order valence-corrected chi connectivity index (χ1v) is 5.54. The predicted octanol–water partition coefficient (Wildman–Crippen LogP) is 3.03. The standard InChI is InChI=1S/C12H18O2/c1-9-8-12(2,11(13)14-9)10-6-4-3-5-7-10/h8,10H,3-7H2,1-2H3. The van der Waals surface area contributed by atoms with Gasteiger partial charge in [-0.25, -0.2) is 0 Å². The van der Waals surface area contributed by atoms with Crippen LogP contribution in [-0.4, -0.2) is 5.97 Å². The molecule has 1 unspecified atom stereocenters. The summed E-state index contributed by atoms with van der Waals surface area (Å²) in [6.45, 7) is 3.90. The Labute approximate surface area is 85.3 Å². The van der Waals surface area contributed by atoms with Gasteiger partial charge in [0, 0.05) is 0 Å². The van der Waals surface area contributed by atoms with E-state index in [0.717, 1.165) is 5.76 Å². The molecular weight excluding hydrogens is 176 g/mol. The van der Waals surface area contributed by atoms with Crippen LogP contribution in [0.15, 0.2) is 11.8 Å². The van der Waals surface area contributed by atoms with E-state index in [4.69, 9.17) is 4.74 Å². The average Bonchev–Trinajstić information content (AvgIpc) is 2.43. The molecule has 2 nitrogen and oxygen atoms in total. The molecule has 0 aromatic carbocycles. The Hall–Kier alpha value is -0.790. The largest absolute Gasteiger partial charge is 0.431 e.